The number of unbranched alkanes of at least 4 members (excludes halogenated alkanes) is 1. The zero-order valence-corrected chi connectivity index (χ0v) is 11.1. The van der Waals surface area contributed by atoms with Crippen molar-refractivity contribution in [2.45, 2.75) is 44.5 Å². The van der Waals surface area contributed by atoms with Crippen LogP contribution in [0.25, 0.3) is 0 Å². The quantitative estimate of drug-likeness (QED) is 0.739. The van der Waals surface area contributed by atoms with E-state index in [9.17, 15) is 9.59 Å². The highest BCUT2D eigenvalue weighted by Gasteiger charge is 2.40. The molecule has 6 heteroatoms. The van der Waals surface area contributed by atoms with E-state index in [0.29, 0.717) is 12.3 Å². The van der Waals surface area contributed by atoms with Crippen molar-refractivity contribution in [2.24, 2.45) is 0 Å². The fourth-order valence-electron chi connectivity index (χ4n) is 1.80. The zero-order valence-electron chi connectivity index (χ0n) is 10.3. The first kappa shape index (κ1) is 14.2. The minimum atomic E-state index is -0.918. The second-order valence-corrected chi connectivity index (χ2v) is 5.25. The summed E-state index contributed by atoms with van der Waals surface area (Å²) in [6, 6.07) is -0.936. The summed E-state index contributed by atoms with van der Waals surface area (Å²) in [6.07, 6.45) is 2.70. The largest absolute Gasteiger partial charge is 0.480 e. The van der Waals surface area contributed by atoms with Gasteiger partial charge in [-0.05, 0) is 12.8 Å². The number of urea groups is 1. The maximum Gasteiger partial charge on any atom is 0.327 e. The lowest BCUT2D eigenvalue weighted by atomic mass is 10.2. The minimum Gasteiger partial charge on any atom is -0.480 e. The average molecular weight is 260 g/mol. The Labute approximate surface area is 106 Å². The summed E-state index contributed by atoms with van der Waals surface area (Å²) in [6.45, 7) is 4.63. The van der Waals surface area contributed by atoms with Crippen molar-refractivity contribution < 1.29 is 14.7 Å². The first-order valence-electron chi connectivity index (χ1n) is 6.02. The van der Waals surface area contributed by atoms with Crippen molar-refractivity contribution in [1.82, 2.24) is 10.2 Å². The Bertz CT molecular complexity index is 286. The molecule has 1 aliphatic rings. The molecule has 0 aromatic carbocycles. The van der Waals surface area contributed by atoms with E-state index < -0.39 is 12.0 Å². The molecule has 1 heterocycles. The SMILES string of the molecule is CCCCNC(=O)N1C(CC)SCC1C(=O)O. The zero-order chi connectivity index (χ0) is 12.8. The Morgan fingerprint density at radius 3 is 2.71 bits per heavy atom. The van der Waals surface area contributed by atoms with Gasteiger partial charge < -0.3 is 10.4 Å². The second kappa shape index (κ2) is 6.74. The van der Waals surface area contributed by atoms with Gasteiger partial charge in [0.1, 0.15) is 6.04 Å². The van der Waals surface area contributed by atoms with E-state index in [1.54, 1.807) is 0 Å². The third kappa shape index (κ3) is 3.52. The molecular weight excluding hydrogens is 240 g/mol. The van der Waals surface area contributed by atoms with Gasteiger partial charge in [0.15, 0.2) is 0 Å². The molecule has 1 saturated heterocycles. The molecular formula is C11H20N2O3S. The maximum absolute atomic E-state index is 11.9. The Balaban J connectivity index is 2.61. The molecule has 0 spiro atoms. The van der Waals surface area contributed by atoms with Gasteiger partial charge in [0.05, 0.1) is 5.37 Å². The molecule has 1 rings (SSSR count). The van der Waals surface area contributed by atoms with E-state index in [0.717, 1.165) is 19.3 Å². The molecule has 0 aromatic heterocycles. The van der Waals surface area contributed by atoms with Crippen LogP contribution in [0.4, 0.5) is 4.79 Å². The molecule has 1 aliphatic heterocycles. The topological polar surface area (TPSA) is 69.6 Å². The van der Waals surface area contributed by atoms with Crippen LogP contribution in [-0.2, 0) is 4.79 Å². The number of nitrogens with one attached hydrogen (secondary N) is 1. The lowest BCUT2D eigenvalue weighted by molar-refractivity contribution is -0.141. The van der Waals surface area contributed by atoms with Crippen LogP contribution >= 0.6 is 11.8 Å². The second-order valence-electron chi connectivity index (χ2n) is 4.04. The molecule has 0 aliphatic carbocycles. The number of rotatable bonds is 5. The predicted molar refractivity (Wildman–Crippen MR) is 68.1 cm³/mol. The summed E-state index contributed by atoms with van der Waals surface area (Å²) >= 11 is 1.54. The molecule has 0 radical (unpaired) electrons. The van der Waals surface area contributed by atoms with Gasteiger partial charge in [0, 0.05) is 12.3 Å². The van der Waals surface area contributed by atoms with Crippen LogP contribution in [0, 0.1) is 0 Å². The molecule has 2 unspecified atom stereocenters. The number of carboxylic acids is 1. The number of hydrogen-bond acceptors (Lipinski definition) is 3. The van der Waals surface area contributed by atoms with E-state index in [2.05, 4.69) is 5.32 Å². The van der Waals surface area contributed by atoms with Crippen LogP contribution in [0.1, 0.15) is 33.1 Å². The number of hydrogen-bond donors (Lipinski definition) is 2. The number of carbonyl (C=O) groups is 2. The van der Waals surface area contributed by atoms with Crippen LogP contribution in [0.3, 0.4) is 0 Å². The number of carboxylic acid groups (broad SMARTS) is 1. The van der Waals surface area contributed by atoms with Crippen molar-refractivity contribution in [1.29, 1.82) is 0 Å². The molecule has 0 bridgehead atoms. The highest BCUT2D eigenvalue weighted by molar-refractivity contribution is 8.00. The van der Waals surface area contributed by atoms with E-state index in [1.807, 2.05) is 13.8 Å². The van der Waals surface area contributed by atoms with E-state index >= 15 is 0 Å². The monoisotopic (exact) mass is 260 g/mol. The Morgan fingerprint density at radius 1 is 1.47 bits per heavy atom. The minimum absolute atomic E-state index is 0.0160. The van der Waals surface area contributed by atoms with Gasteiger partial charge in [0.25, 0.3) is 0 Å². The number of carbonyl (C=O) groups excluding carboxylic acids is 1. The molecule has 2 atom stereocenters. The third-order valence-electron chi connectivity index (χ3n) is 2.77. The molecule has 1 fully saturated rings. The maximum atomic E-state index is 11.9. The van der Waals surface area contributed by atoms with Gasteiger partial charge in [-0.1, -0.05) is 20.3 Å². The average Bonchev–Trinajstić information content (AvgIpc) is 2.72. The van der Waals surface area contributed by atoms with Gasteiger partial charge in [-0.2, -0.15) is 0 Å². The van der Waals surface area contributed by atoms with Crippen molar-refractivity contribution in [3.8, 4) is 0 Å². The summed E-state index contributed by atoms with van der Waals surface area (Å²) in [4.78, 5) is 24.5. The Kier molecular flexibility index (Phi) is 5.61. The summed E-state index contributed by atoms with van der Waals surface area (Å²) in [5, 5.41) is 11.9. The van der Waals surface area contributed by atoms with Gasteiger partial charge in [-0.25, -0.2) is 9.59 Å². The van der Waals surface area contributed by atoms with Gasteiger partial charge >= 0.3 is 12.0 Å². The smallest absolute Gasteiger partial charge is 0.327 e. The van der Waals surface area contributed by atoms with Crippen LogP contribution in [-0.4, -0.2) is 45.7 Å². The van der Waals surface area contributed by atoms with Gasteiger partial charge in [0.2, 0.25) is 0 Å². The fraction of sp³-hybridized carbons (Fsp3) is 0.818. The van der Waals surface area contributed by atoms with E-state index in [-0.39, 0.29) is 11.4 Å². The summed E-state index contributed by atoms with van der Waals surface area (Å²) < 4.78 is 0. The van der Waals surface area contributed by atoms with Crippen LogP contribution < -0.4 is 5.32 Å². The highest BCUT2D eigenvalue weighted by atomic mass is 32.2. The van der Waals surface area contributed by atoms with Crippen LogP contribution in [0.15, 0.2) is 0 Å². The Hall–Kier alpha value is -0.910. The van der Waals surface area contributed by atoms with Crippen molar-refractivity contribution >= 4 is 23.8 Å². The van der Waals surface area contributed by atoms with E-state index in [4.69, 9.17) is 5.11 Å². The van der Waals surface area contributed by atoms with Crippen molar-refractivity contribution in [2.75, 3.05) is 12.3 Å². The van der Waals surface area contributed by atoms with Crippen molar-refractivity contribution in [3.63, 3.8) is 0 Å². The molecule has 2 N–H and O–H groups in total. The number of amides is 2. The van der Waals surface area contributed by atoms with Crippen LogP contribution in [0.2, 0.25) is 0 Å². The molecule has 5 nitrogen and oxygen atoms in total. The third-order valence-corrected chi connectivity index (χ3v) is 4.22. The fourth-order valence-corrected chi connectivity index (χ4v) is 3.15. The standard InChI is InChI=1S/C11H20N2O3S/c1-3-5-6-12-11(16)13-8(10(14)15)7-17-9(13)4-2/h8-9H,3-7H2,1-2H3,(H,12,16)(H,14,15). The number of thioether (sulfide) groups is 1. The number of aliphatic carboxylic acids is 1. The lowest BCUT2D eigenvalue weighted by Gasteiger charge is -2.26. The first-order chi connectivity index (χ1) is 8.11. The predicted octanol–water partition coefficient (Wildman–Crippen LogP) is 1.73. The van der Waals surface area contributed by atoms with Gasteiger partial charge in [-0.3, -0.25) is 4.90 Å². The molecule has 0 aromatic rings. The molecule has 17 heavy (non-hydrogen) atoms. The Morgan fingerprint density at radius 2 is 2.18 bits per heavy atom. The molecule has 98 valence electrons. The summed E-state index contributed by atoms with van der Waals surface area (Å²) in [5.74, 6) is -0.436. The lowest BCUT2D eigenvalue weighted by Crippen LogP contribution is -2.50. The van der Waals surface area contributed by atoms with E-state index in [1.165, 1.54) is 16.7 Å². The van der Waals surface area contributed by atoms with Crippen molar-refractivity contribution in [3.05, 3.63) is 0 Å². The molecule has 2 amide bonds. The van der Waals surface area contributed by atoms with Gasteiger partial charge in [-0.15, -0.1) is 11.8 Å². The summed E-state index contributed by atoms with van der Waals surface area (Å²) in [5.41, 5.74) is 0. The first-order valence-corrected chi connectivity index (χ1v) is 7.07. The number of nitrogens with zero attached hydrogens (tertiary/aromatic N) is 1. The molecule has 0 saturated carbocycles. The van der Waals surface area contributed by atoms with Crippen LogP contribution in [0.5, 0.6) is 0 Å². The highest BCUT2D eigenvalue weighted by Crippen LogP contribution is 2.31. The normalized spacial score (nSPS) is 23.8. The summed E-state index contributed by atoms with van der Waals surface area (Å²) in [7, 11) is 0.